The van der Waals surface area contributed by atoms with Gasteiger partial charge in [0, 0.05) is 37.8 Å². The van der Waals surface area contributed by atoms with Gasteiger partial charge in [0.05, 0.1) is 24.3 Å². The molecule has 0 aromatic carbocycles. The molecule has 3 aliphatic rings. The molecule has 3 heterocycles. The quantitative estimate of drug-likeness (QED) is 0.918. The van der Waals surface area contributed by atoms with Gasteiger partial charge in [-0.25, -0.2) is 9.97 Å². The normalized spacial score (nSPS) is 26.4. The lowest BCUT2D eigenvalue weighted by Crippen LogP contribution is -2.41. The van der Waals surface area contributed by atoms with Gasteiger partial charge >= 0.3 is 0 Å². The first-order valence-electron chi connectivity index (χ1n) is 8.52. The van der Waals surface area contributed by atoms with E-state index in [0.717, 1.165) is 48.3 Å². The fourth-order valence-corrected chi connectivity index (χ4v) is 3.71. The highest BCUT2D eigenvalue weighted by Crippen LogP contribution is 2.40. The number of rotatable bonds is 3. The van der Waals surface area contributed by atoms with E-state index in [1.165, 1.54) is 12.8 Å². The molecule has 1 atom stereocenters. The number of fused-ring (bicyclic) bond motifs is 2. The highest BCUT2D eigenvalue weighted by atomic mass is 16.5. The predicted molar refractivity (Wildman–Crippen MR) is 86.2 cm³/mol. The van der Waals surface area contributed by atoms with Gasteiger partial charge in [0.15, 0.2) is 0 Å². The van der Waals surface area contributed by atoms with Gasteiger partial charge < -0.3 is 15.0 Å². The maximum atomic E-state index is 11.7. The molecule has 1 amide bonds. The lowest BCUT2D eigenvalue weighted by atomic mass is 9.80. The van der Waals surface area contributed by atoms with Crippen LogP contribution in [0.3, 0.4) is 0 Å². The molecule has 1 aromatic rings. The fraction of sp³-hybridized carbons (Fsp3) is 0.706. The van der Waals surface area contributed by atoms with Crippen LogP contribution in [0.1, 0.15) is 43.1 Å². The Labute approximate surface area is 136 Å². The monoisotopic (exact) mass is 316 g/mol. The summed E-state index contributed by atoms with van der Waals surface area (Å²) in [6.45, 7) is 7.33. The van der Waals surface area contributed by atoms with Crippen LogP contribution in [0.25, 0.3) is 0 Å². The fourth-order valence-electron chi connectivity index (χ4n) is 3.71. The number of anilines is 1. The molecule has 124 valence electrons. The summed E-state index contributed by atoms with van der Waals surface area (Å²) in [5.41, 5.74) is 3.04. The molecule has 23 heavy (non-hydrogen) atoms. The third kappa shape index (κ3) is 2.69. The molecule has 1 N–H and O–H groups in total. The van der Waals surface area contributed by atoms with Crippen molar-refractivity contribution in [2.45, 2.75) is 45.1 Å². The third-order valence-corrected chi connectivity index (χ3v) is 5.39. The molecular weight excluding hydrogens is 292 g/mol. The van der Waals surface area contributed by atoms with Crippen LogP contribution < -0.4 is 5.32 Å². The molecule has 1 spiro atoms. The number of hydrogen-bond donors (Lipinski definition) is 1. The van der Waals surface area contributed by atoms with Crippen LogP contribution in [0.15, 0.2) is 0 Å². The number of nitrogens with zero attached hydrogens (tertiary/aromatic N) is 3. The van der Waals surface area contributed by atoms with E-state index in [9.17, 15) is 4.79 Å². The van der Waals surface area contributed by atoms with Crippen molar-refractivity contribution in [3.05, 3.63) is 17.0 Å². The number of carbonyl (C=O) groups excluding carboxylic acids is 1. The van der Waals surface area contributed by atoms with E-state index in [-0.39, 0.29) is 11.3 Å². The minimum Gasteiger partial charge on any atom is -0.376 e. The Bertz CT molecular complexity index is 644. The number of aryl methyl sites for hydroxylation is 1. The van der Waals surface area contributed by atoms with Crippen molar-refractivity contribution in [1.82, 2.24) is 14.9 Å². The molecule has 4 rings (SSSR count). The summed E-state index contributed by atoms with van der Waals surface area (Å²) in [5.74, 6) is 1.65. The number of ether oxygens (including phenoxy) is 1. The largest absolute Gasteiger partial charge is 0.376 e. The van der Waals surface area contributed by atoms with Crippen molar-refractivity contribution in [1.29, 1.82) is 0 Å². The molecule has 0 bridgehead atoms. The number of aromatic nitrogens is 2. The maximum absolute atomic E-state index is 11.7. The van der Waals surface area contributed by atoms with Crippen molar-refractivity contribution >= 4 is 11.9 Å². The lowest BCUT2D eigenvalue weighted by molar-refractivity contribution is -0.128. The third-order valence-electron chi connectivity index (χ3n) is 5.39. The molecule has 6 heteroatoms. The number of likely N-dealkylation sites (tertiary alicyclic amines) is 1. The molecular formula is C17H24N4O2. The molecule has 2 aliphatic heterocycles. The second-order valence-electron chi connectivity index (χ2n) is 7.25. The van der Waals surface area contributed by atoms with Crippen LogP contribution in [0.4, 0.5) is 5.95 Å². The molecule has 6 nitrogen and oxygen atoms in total. The van der Waals surface area contributed by atoms with Gasteiger partial charge in [-0.2, -0.15) is 0 Å². The Kier molecular flexibility index (Phi) is 3.52. The van der Waals surface area contributed by atoms with Gasteiger partial charge in [0.2, 0.25) is 11.9 Å². The van der Waals surface area contributed by atoms with Crippen LogP contribution in [-0.4, -0.2) is 47.0 Å². The first-order chi connectivity index (χ1) is 11.1. The van der Waals surface area contributed by atoms with E-state index in [1.54, 1.807) is 6.92 Å². The zero-order valence-electron chi connectivity index (χ0n) is 13.9. The number of nitrogens with one attached hydrogen (secondary N) is 1. The van der Waals surface area contributed by atoms with Crippen LogP contribution in [-0.2, 0) is 21.6 Å². The first kappa shape index (κ1) is 14.9. The lowest BCUT2D eigenvalue weighted by Gasteiger charge is -2.35. The van der Waals surface area contributed by atoms with Gasteiger partial charge in [-0.15, -0.1) is 0 Å². The topological polar surface area (TPSA) is 67.4 Å². The summed E-state index contributed by atoms with van der Waals surface area (Å²) >= 11 is 0. The average molecular weight is 316 g/mol. The summed E-state index contributed by atoms with van der Waals surface area (Å²) in [7, 11) is 0. The summed E-state index contributed by atoms with van der Waals surface area (Å²) in [6, 6.07) is 0. The van der Waals surface area contributed by atoms with Gasteiger partial charge in [-0.05, 0) is 32.1 Å². The van der Waals surface area contributed by atoms with Gasteiger partial charge in [0.1, 0.15) is 0 Å². The Balaban J connectivity index is 1.66. The second kappa shape index (κ2) is 5.44. The molecule has 1 saturated heterocycles. The van der Waals surface area contributed by atoms with Gasteiger partial charge in [0.25, 0.3) is 0 Å². The molecule has 0 unspecified atom stereocenters. The van der Waals surface area contributed by atoms with Crippen LogP contribution in [0.2, 0.25) is 0 Å². The highest BCUT2D eigenvalue weighted by Gasteiger charge is 2.46. The predicted octanol–water partition coefficient (Wildman–Crippen LogP) is 1.63. The minimum absolute atomic E-state index is 0.131. The SMILES string of the molecule is CC(=O)N1CC[C@]2(COCc3c(C)nc(NCC4CC4)nc32)C1. The van der Waals surface area contributed by atoms with Crippen molar-refractivity contribution in [2.24, 2.45) is 5.92 Å². The zero-order chi connectivity index (χ0) is 16.0. The smallest absolute Gasteiger partial charge is 0.223 e. The van der Waals surface area contributed by atoms with E-state index in [2.05, 4.69) is 10.3 Å². The van der Waals surface area contributed by atoms with E-state index in [1.807, 2.05) is 11.8 Å². The summed E-state index contributed by atoms with van der Waals surface area (Å²) in [6.07, 6.45) is 3.53. The summed E-state index contributed by atoms with van der Waals surface area (Å²) in [5, 5.41) is 3.39. The molecule has 1 saturated carbocycles. The summed E-state index contributed by atoms with van der Waals surface area (Å²) in [4.78, 5) is 23.1. The summed E-state index contributed by atoms with van der Waals surface area (Å²) < 4.78 is 5.85. The van der Waals surface area contributed by atoms with E-state index in [0.29, 0.717) is 19.8 Å². The Hall–Kier alpha value is -1.69. The standard InChI is InChI=1S/C17H24N4O2/c1-11-14-8-23-10-17(5-6-21(9-17)12(2)22)15(14)20-16(19-11)18-7-13-3-4-13/h13H,3-10H2,1-2H3,(H,18,19,20)/t17-/m1/s1. The van der Waals surface area contributed by atoms with E-state index < -0.39 is 0 Å². The first-order valence-corrected chi connectivity index (χ1v) is 8.52. The molecule has 1 aromatic heterocycles. The second-order valence-corrected chi connectivity index (χ2v) is 7.25. The van der Waals surface area contributed by atoms with Crippen molar-refractivity contribution in [2.75, 3.05) is 31.6 Å². The van der Waals surface area contributed by atoms with Crippen LogP contribution in [0, 0.1) is 12.8 Å². The van der Waals surface area contributed by atoms with Crippen molar-refractivity contribution in [3.8, 4) is 0 Å². The van der Waals surface area contributed by atoms with Crippen molar-refractivity contribution < 1.29 is 9.53 Å². The number of amides is 1. The Morgan fingerprint density at radius 2 is 2.26 bits per heavy atom. The van der Waals surface area contributed by atoms with Gasteiger partial charge in [-0.3, -0.25) is 4.79 Å². The molecule has 0 radical (unpaired) electrons. The van der Waals surface area contributed by atoms with Crippen LogP contribution >= 0.6 is 0 Å². The Morgan fingerprint density at radius 3 is 2.96 bits per heavy atom. The molecule has 1 aliphatic carbocycles. The Morgan fingerprint density at radius 1 is 1.43 bits per heavy atom. The number of carbonyl (C=O) groups is 1. The van der Waals surface area contributed by atoms with Gasteiger partial charge in [-0.1, -0.05) is 0 Å². The van der Waals surface area contributed by atoms with Crippen LogP contribution in [0.5, 0.6) is 0 Å². The maximum Gasteiger partial charge on any atom is 0.223 e. The minimum atomic E-state index is -0.164. The molecule has 2 fully saturated rings. The zero-order valence-corrected chi connectivity index (χ0v) is 13.9. The number of hydrogen-bond acceptors (Lipinski definition) is 5. The average Bonchev–Trinajstić information content (AvgIpc) is 3.26. The van der Waals surface area contributed by atoms with Crippen molar-refractivity contribution in [3.63, 3.8) is 0 Å². The van der Waals surface area contributed by atoms with E-state index >= 15 is 0 Å². The van der Waals surface area contributed by atoms with E-state index in [4.69, 9.17) is 9.72 Å². The highest BCUT2D eigenvalue weighted by molar-refractivity contribution is 5.74.